The van der Waals surface area contributed by atoms with Gasteiger partial charge in [-0.05, 0) is 49.9 Å². The monoisotopic (exact) mass is 245 g/mol. The topological polar surface area (TPSA) is 30.5 Å². The fourth-order valence-electron chi connectivity index (χ4n) is 2.50. The molecule has 3 heteroatoms. The molecule has 0 aromatic heterocycles. The Morgan fingerprint density at radius 1 is 1.17 bits per heavy atom. The highest BCUT2D eigenvalue weighted by Gasteiger charge is 2.12. The summed E-state index contributed by atoms with van der Waals surface area (Å²) in [6, 6.07) is 6.14. The second kappa shape index (κ2) is 5.44. The van der Waals surface area contributed by atoms with E-state index in [1.54, 1.807) is 5.57 Å². The van der Waals surface area contributed by atoms with Crippen LogP contribution in [0.3, 0.4) is 0 Å². The van der Waals surface area contributed by atoms with Crippen molar-refractivity contribution in [1.82, 2.24) is 5.32 Å². The smallest absolute Gasteiger partial charge is 0.231 e. The molecule has 0 unspecified atom stereocenters. The maximum Gasteiger partial charge on any atom is 0.231 e. The van der Waals surface area contributed by atoms with Crippen LogP contribution < -0.4 is 14.8 Å². The van der Waals surface area contributed by atoms with Gasteiger partial charge in [-0.25, -0.2) is 0 Å². The van der Waals surface area contributed by atoms with Gasteiger partial charge in [0.05, 0.1) is 0 Å². The average Bonchev–Trinajstić information content (AvgIpc) is 3.05. The minimum atomic E-state index is 0.348. The Morgan fingerprint density at radius 3 is 3.00 bits per heavy atom. The van der Waals surface area contributed by atoms with E-state index in [0.29, 0.717) is 6.79 Å². The van der Waals surface area contributed by atoms with Crippen molar-refractivity contribution in [2.75, 3.05) is 13.3 Å². The molecule has 0 radical (unpaired) electrons. The van der Waals surface area contributed by atoms with Crippen molar-refractivity contribution >= 4 is 0 Å². The van der Waals surface area contributed by atoms with Crippen LogP contribution in [0.1, 0.15) is 31.2 Å². The van der Waals surface area contributed by atoms with Gasteiger partial charge >= 0.3 is 0 Å². The molecule has 0 atom stereocenters. The van der Waals surface area contributed by atoms with Crippen LogP contribution in [0.4, 0.5) is 0 Å². The second-order valence-corrected chi connectivity index (χ2v) is 4.87. The molecule has 3 nitrogen and oxygen atoms in total. The van der Waals surface area contributed by atoms with Crippen LogP contribution in [0.5, 0.6) is 11.5 Å². The lowest BCUT2D eigenvalue weighted by Crippen LogP contribution is -2.15. The number of rotatable bonds is 5. The molecule has 3 rings (SSSR count). The SMILES string of the molecule is C1=C(CCNCc2ccc3c(c2)OCO3)CCC1. The van der Waals surface area contributed by atoms with Gasteiger partial charge in [0.1, 0.15) is 0 Å². The summed E-state index contributed by atoms with van der Waals surface area (Å²) in [4.78, 5) is 0. The minimum absolute atomic E-state index is 0.348. The molecule has 0 fully saturated rings. The fraction of sp³-hybridized carbons (Fsp3) is 0.467. The van der Waals surface area contributed by atoms with Gasteiger partial charge in [-0.15, -0.1) is 0 Å². The van der Waals surface area contributed by atoms with Crippen LogP contribution in [-0.4, -0.2) is 13.3 Å². The van der Waals surface area contributed by atoms with Crippen LogP contribution in [0, 0.1) is 0 Å². The predicted molar refractivity (Wildman–Crippen MR) is 70.8 cm³/mol. The zero-order valence-corrected chi connectivity index (χ0v) is 10.6. The molecule has 96 valence electrons. The number of nitrogens with one attached hydrogen (secondary N) is 1. The molecule has 1 heterocycles. The van der Waals surface area contributed by atoms with Gasteiger partial charge in [0, 0.05) is 6.54 Å². The molecule has 1 N–H and O–H groups in total. The van der Waals surface area contributed by atoms with E-state index < -0.39 is 0 Å². The first kappa shape index (κ1) is 11.6. The van der Waals surface area contributed by atoms with Gasteiger partial charge in [-0.2, -0.15) is 0 Å². The largest absolute Gasteiger partial charge is 0.454 e. The highest BCUT2D eigenvalue weighted by atomic mass is 16.7. The van der Waals surface area contributed by atoms with Crippen LogP contribution in [0.2, 0.25) is 0 Å². The van der Waals surface area contributed by atoms with Gasteiger partial charge in [0.15, 0.2) is 11.5 Å². The van der Waals surface area contributed by atoms with Crippen LogP contribution in [-0.2, 0) is 6.54 Å². The molecule has 0 spiro atoms. The molecular weight excluding hydrogens is 226 g/mol. The summed E-state index contributed by atoms with van der Waals surface area (Å²) in [5.41, 5.74) is 2.87. The van der Waals surface area contributed by atoms with Crippen molar-refractivity contribution in [3.05, 3.63) is 35.4 Å². The molecule has 2 aliphatic rings. The fourth-order valence-corrected chi connectivity index (χ4v) is 2.50. The van der Waals surface area contributed by atoms with Crippen molar-refractivity contribution < 1.29 is 9.47 Å². The Morgan fingerprint density at radius 2 is 2.11 bits per heavy atom. The third-order valence-corrected chi connectivity index (χ3v) is 3.52. The van der Waals surface area contributed by atoms with Crippen LogP contribution in [0.25, 0.3) is 0 Å². The molecular formula is C15H19NO2. The lowest BCUT2D eigenvalue weighted by molar-refractivity contribution is 0.174. The number of fused-ring (bicyclic) bond motifs is 1. The maximum atomic E-state index is 5.37. The third kappa shape index (κ3) is 2.67. The molecule has 0 saturated heterocycles. The van der Waals surface area contributed by atoms with Crippen molar-refractivity contribution in [2.45, 2.75) is 32.2 Å². The summed E-state index contributed by atoms with van der Waals surface area (Å²) in [5.74, 6) is 1.72. The Bertz CT molecular complexity index is 454. The van der Waals surface area contributed by atoms with Gasteiger partial charge < -0.3 is 14.8 Å². The van der Waals surface area contributed by atoms with E-state index >= 15 is 0 Å². The van der Waals surface area contributed by atoms with Crippen LogP contribution >= 0.6 is 0 Å². The summed E-state index contributed by atoms with van der Waals surface area (Å²) in [7, 11) is 0. The van der Waals surface area contributed by atoms with Gasteiger partial charge in [-0.1, -0.05) is 17.7 Å². The zero-order chi connectivity index (χ0) is 12.2. The predicted octanol–water partition coefficient (Wildman–Crippen LogP) is 3.01. The van der Waals surface area contributed by atoms with Gasteiger partial charge in [0.25, 0.3) is 0 Å². The normalized spacial score (nSPS) is 17.0. The van der Waals surface area contributed by atoms with Crippen molar-refractivity contribution in [1.29, 1.82) is 0 Å². The zero-order valence-electron chi connectivity index (χ0n) is 10.6. The first-order valence-corrected chi connectivity index (χ1v) is 6.69. The lowest BCUT2D eigenvalue weighted by Gasteiger charge is -2.06. The van der Waals surface area contributed by atoms with E-state index in [1.807, 2.05) is 6.07 Å². The standard InChI is InChI=1S/C15H19NO2/c1-2-4-12(3-1)7-8-16-10-13-5-6-14-15(9-13)18-11-17-14/h3,5-6,9,16H,1-2,4,7-8,10-11H2. The number of hydrogen-bond acceptors (Lipinski definition) is 3. The first-order chi connectivity index (χ1) is 8.92. The third-order valence-electron chi connectivity index (χ3n) is 3.52. The number of hydrogen-bond donors (Lipinski definition) is 1. The molecule has 0 amide bonds. The number of allylic oxidation sites excluding steroid dienone is 1. The number of ether oxygens (including phenoxy) is 2. The second-order valence-electron chi connectivity index (χ2n) is 4.87. The molecule has 1 aliphatic heterocycles. The molecule has 1 aromatic rings. The molecule has 1 aliphatic carbocycles. The lowest BCUT2D eigenvalue weighted by atomic mass is 10.1. The molecule has 0 bridgehead atoms. The summed E-state index contributed by atoms with van der Waals surface area (Å²) < 4.78 is 10.7. The Labute approximate surface area is 108 Å². The Kier molecular flexibility index (Phi) is 3.51. The maximum absolute atomic E-state index is 5.37. The van der Waals surface area contributed by atoms with E-state index in [9.17, 15) is 0 Å². The minimum Gasteiger partial charge on any atom is -0.454 e. The summed E-state index contributed by atoms with van der Waals surface area (Å²) in [6.45, 7) is 2.30. The Balaban J connectivity index is 1.45. The first-order valence-electron chi connectivity index (χ1n) is 6.69. The highest BCUT2D eigenvalue weighted by Crippen LogP contribution is 2.32. The van der Waals surface area contributed by atoms with E-state index in [1.165, 1.54) is 31.2 Å². The summed E-state index contributed by atoms with van der Waals surface area (Å²) in [6.07, 6.45) is 7.49. The van der Waals surface area contributed by atoms with Crippen LogP contribution in [0.15, 0.2) is 29.8 Å². The van der Waals surface area contributed by atoms with Gasteiger partial charge in [0.2, 0.25) is 6.79 Å². The summed E-state index contributed by atoms with van der Waals surface area (Å²) >= 11 is 0. The quantitative estimate of drug-likeness (QED) is 0.639. The van der Waals surface area contributed by atoms with Crippen molar-refractivity contribution in [3.63, 3.8) is 0 Å². The molecule has 1 aromatic carbocycles. The van der Waals surface area contributed by atoms with E-state index in [-0.39, 0.29) is 0 Å². The Hall–Kier alpha value is -1.48. The van der Waals surface area contributed by atoms with E-state index in [0.717, 1.165) is 24.6 Å². The highest BCUT2D eigenvalue weighted by molar-refractivity contribution is 5.44. The summed E-state index contributed by atoms with van der Waals surface area (Å²) in [5, 5.41) is 3.48. The molecule has 18 heavy (non-hydrogen) atoms. The van der Waals surface area contributed by atoms with E-state index in [4.69, 9.17) is 9.47 Å². The average molecular weight is 245 g/mol. The van der Waals surface area contributed by atoms with Crippen molar-refractivity contribution in [2.24, 2.45) is 0 Å². The van der Waals surface area contributed by atoms with E-state index in [2.05, 4.69) is 23.5 Å². The number of benzene rings is 1. The van der Waals surface area contributed by atoms with Crippen molar-refractivity contribution in [3.8, 4) is 11.5 Å². The molecule has 0 saturated carbocycles. The van der Waals surface area contributed by atoms with Gasteiger partial charge in [-0.3, -0.25) is 0 Å².